The maximum atomic E-state index is 12.6. The molecule has 1 aromatic carbocycles. The van der Waals surface area contributed by atoms with Crippen molar-refractivity contribution < 1.29 is 29.3 Å². The van der Waals surface area contributed by atoms with Crippen LogP contribution in [0.5, 0.6) is 5.75 Å². The van der Waals surface area contributed by atoms with Gasteiger partial charge in [-0.15, -0.1) is 0 Å². The standard InChI is InChI=1S/C18H24ClN3O2.C2H2O4/c1-9(2)22-7-13-12(14(13)8-22)6-21-18(23)11-5-15(19)16(20)10-3-4-24-17(10)11;3-1(4)2(5)6/h5,9,12-14H,3-4,6-8,20H2,1-2H3,(H,21,23);(H,3,4)(H,5,6). The van der Waals surface area contributed by atoms with Gasteiger partial charge in [0.15, 0.2) is 0 Å². The number of benzene rings is 1. The molecular weight excluding hydrogens is 414 g/mol. The normalized spacial score (nSPS) is 23.7. The SMILES string of the molecule is CC(C)N1CC2C(CNC(=O)c3cc(Cl)c(N)c4c3OCC4)C2C1.O=C(O)C(=O)O. The van der Waals surface area contributed by atoms with Gasteiger partial charge in [0.2, 0.25) is 0 Å². The summed E-state index contributed by atoms with van der Waals surface area (Å²) in [6.07, 6.45) is 0.708. The highest BCUT2D eigenvalue weighted by molar-refractivity contribution is 6.33. The molecule has 0 spiro atoms. The van der Waals surface area contributed by atoms with E-state index in [2.05, 4.69) is 24.1 Å². The van der Waals surface area contributed by atoms with Crippen LogP contribution in [0, 0.1) is 17.8 Å². The number of carboxylic acids is 2. The molecule has 2 unspecified atom stereocenters. The van der Waals surface area contributed by atoms with Crippen LogP contribution in [0.4, 0.5) is 5.69 Å². The van der Waals surface area contributed by atoms with Crippen LogP contribution in [0.3, 0.4) is 0 Å². The van der Waals surface area contributed by atoms with E-state index in [0.29, 0.717) is 47.0 Å². The fourth-order valence-corrected chi connectivity index (χ4v) is 4.47. The van der Waals surface area contributed by atoms with E-state index in [-0.39, 0.29) is 5.91 Å². The van der Waals surface area contributed by atoms with Gasteiger partial charge in [-0.25, -0.2) is 9.59 Å². The number of hydrogen-bond acceptors (Lipinski definition) is 6. The van der Waals surface area contributed by atoms with E-state index in [4.69, 9.17) is 41.9 Å². The lowest BCUT2D eigenvalue weighted by atomic mass is 10.0. The van der Waals surface area contributed by atoms with Crippen LogP contribution in [0.1, 0.15) is 29.8 Å². The number of rotatable bonds is 4. The fraction of sp³-hybridized carbons (Fsp3) is 0.550. The van der Waals surface area contributed by atoms with E-state index in [1.54, 1.807) is 6.07 Å². The van der Waals surface area contributed by atoms with Crippen LogP contribution in [-0.2, 0) is 16.0 Å². The molecule has 2 fully saturated rings. The molecule has 10 heteroatoms. The Morgan fingerprint density at radius 1 is 1.27 bits per heavy atom. The summed E-state index contributed by atoms with van der Waals surface area (Å²) >= 11 is 6.17. The van der Waals surface area contributed by atoms with Crippen molar-refractivity contribution >= 4 is 35.1 Å². The lowest BCUT2D eigenvalue weighted by molar-refractivity contribution is -0.159. The quantitative estimate of drug-likeness (QED) is 0.406. The summed E-state index contributed by atoms with van der Waals surface area (Å²) in [5, 5.41) is 18.3. The summed E-state index contributed by atoms with van der Waals surface area (Å²) in [5.41, 5.74) is 7.89. The van der Waals surface area contributed by atoms with Crippen molar-refractivity contribution in [3.8, 4) is 5.75 Å². The Kier molecular flexibility index (Phi) is 6.42. The highest BCUT2D eigenvalue weighted by Crippen LogP contribution is 2.51. The molecule has 9 nitrogen and oxygen atoms in total. The summed E-state index contributed by atoms with van der Waals surface area (Å²) in [7, 11) is 0. The van der Waals surface area contributed by atoms with E-state index in [1.165, 1.54) is 0 Å². The molecule has 1 aliphatic carbocycles. The highest BCUT2D eigenvalue weighted by Gasteiger charge is 2.55. The Bertz CT molecular complexity index is 851. The van der Waals surface area contributed by atoms with E-state index in [1.807, 2.05) is 0 Å². The summed E-state index contributed by atoms with van der Waals surface area (Å²) in [4.78, 5) is 33.3. The van der Waals surface area contributed by atoms with Crippen molar-refractivity contribution in [3.63, 3.8) is 0 Å². The zero-order chi connectivity index (χ0) is 22.2. The molecule has 30 heavy (non-hydrogen) atoms. The molecule has 0 bridgehead atoms. The number of carbonyl (C=O) groups excluding carboxylic acids is 1. The molecule has 0 aromatic heterocycles. The molecule has 4 rings (SSSR count). The number of ether oxygens (including phenoxy) is 1. The van der Waals surface area contributed by atoms with Crippen molar-refractivity contribution in [2.75, 3.05) is 32.0 Å². The molecule has 1 saturated heterocycles. The minimum Gasteiger partial charge on any atom is -0.492 e. The van der Waals surface area contributed by atoms with Gasteiger partial charge < -0.3 is 30.9 Å². The number of anilines is 1. The summed E-state index contributed by atoms with van der Waals surface area (Å²) in [6, 6.07) is 2.25. The van der Waals surface area contributed by atoms with Crippen molar-refractivity contribution in [1.82, 2.24) is 10.2 Å². The molecular formula is C20H26ClN3O6. The molecule has 2 aliphatic heterocycles. The predicted molar refractivity (Wildman–Crippen MR) is 110 cm³/mol. The van der Waals surface area contributed by atoms with Crippen molar-refractivity contribution in [2.45, 2.75) is 26.3 Å². The Hall–Kier alpha value is -2.52. The molecule has 2 heterocycles. The average Bonchev–Trinajstić information content (AvgIpc) is 3.08. The number of fused-ring (bicyclic) bond motifs is 2. The minimum atomic E-state index is -1.82. The third-order valence-corrected chi connectivity index (χ3v) is 6.34. The monoisotopic (exact) mass is 439 g/mol. The topological polar surface area (TPSA) is 142 Å². The molecule has 164 valence electrons. The van der Waals surface area contributed by atoms with E-state index >= 15 is 0 Å². The van der Waals surface area contributed by atoms with Gasteiger partial charge in [-0.1, -0.05) is 11.6 Å². The zero-order valence-electron chi connectivity index (χ0n) is 16.9. The molecule has 0 radical (unpaired) electrons. The van der Waals surface area contributed by atoms with Gasteiger partial charge in [0.25, 0.3) is 5.91 Å². The number of nitrogens with two attached hydrogens (primary N) is 1. The number of hydrogen-bond donors (Lipinski definition) is 4. The van der Waals surface area contributed by atoms with E-state index in [0.717, 1.165) is 37.0 Å². The summed E-state index contributed by atoms with van der Waals surface area (Å²) in [6.45, 7) is 8.10. The van der Waals surface area contributed by atoms with Crippen LogP contribution in [-0.4, -0.2) is 65.2 Å². The number of nitrogens with zero attached hydrogens (tertiary/aromatic N) is 1. The van der Waals surface area contributed by atoms with Gasteiger partial charge in [-0.2, -0.15) is 0 Å². The van der Waals surface area contributed by atoms with Gasteiger partial charge in [0.1, 0.15) is 5.75 Å². The van der Waals surface area contributed by atoms with Gasteiger partial charge >= 0.3 is 11.9 Å². The van der Waals surface area contributed by atoms with Crippen LogP contribution >= 0.6 is 11.6 Å². The first-order chi connectivity index (χ1) is 14.1. The second-order valence-electron chi connectivity index (χ2n) is 8.09. The van der Waals surface area contributed by atoms with Crippen molar-refractivity contribution in [1.29, 1.82) is 0 Å². The number of likely N-dealkylation sites (tertiary alicyclic amines) is 1. The van der Waals surface area contributed by atoms with Gasteiger partial charge in [-0.05, 0) is 37.7 Å². The fourth-order valence-electron chi connectivity index (χ4n) is 4.25. The van der Waals surface area contributed by atoms with Crippen LogP contribution in [0.25, 0.3) is 0 Å². The Morgan fingerprint density at radius 3 is 2.40 bits per heavy atom. The minimum absolute atomic E-state index is 0.110. The number of carbonyl (C=O) groups is 3. The average molecular weight is 440 g/mol. The maximum Gasteiger partial charge on any atom is 0.414 e. The number of aliphatic carboxylic acids is 2. The van der Waals surface area contributed by atoms with Gasteiger partial charge in [0, 0.05) is 37.7 Å². The largest absolute Gasteiger partial charge is 0.492 e. The first-order valence-electron chi connectivity index (χ1n) is 9.83. The smallest absolute Gasteiger partial charge is 0.414 e. The second-order valence-corrected chi connectivity index (χ2v) is 8.49. The molecule has 1 saturated carbocycles. The van der Waals surface area contributed by atoms with Crippen LogP contribution in [0.2, 0.25) is 5.02 Å². The lowest BCUT2D eigenvalue weighted by Crippen LogP contribution is -2.34. The number of carboxylic acid groups (broad SMARTS) is 2. The third kappa shape index (κ3) is 4.46. The predicted octanol–water partition coefficient (Wildman–Crippen LogP) is 1.33. The molecule has 2 atom stereocenters. The van der Waals surface area contributed by atoms with E-state index < -0.39 is 11.9 Å². The maximum absolute atomic E-state index is 12.6. The molecule has 3 aliphatic rings. The first kappa shape index (κ1) is 22.2. The van der Waals surface area contributed by atoms with Crippen molar-refractivity contribution in [2.24, 2.45) is 17.8 Å². The zero-order valence-corrected chi connectivity index (χ0v) is 17.6. The number of piperidine rings is 1. The Labute approximate surface area is 179 Å². The van der Waals surface area contributed by atoms with Gasteiger partial charge in [0.05, 0.1) is 22.9 Å². The third-order valence-electron chi connectivity index (χ3n) is 6.03. The number of nitrogens with one attached hydrogen (secondary N) is 1. The number of nitrogen functional groups attached to an aromatic ring is 1. The van der Waals surface area contributed by atoms with Crippen LogP contribution in [0.15, 0.2) is 6.07 Å². The number of amides is 1. The van der Waals surface area contributed by atoms with Crippen molar-refractivity contribution in [3.05, 3.63) is 22.2 Å². The highest BCUT2D eigenvalue weighted by atomic mass is 35.5. The van der Waals surface area contributed by atoms with Gasteiger partial charge in [-0.3, -0.25) is 4.79 Å². The summed E-state index contributed by atoms with van der Waals surface area (Å²) < 4.78 is 5.62. The first-order valence-corrected chi connectivity index (χ1v) is 10.2. The summed E-state index contributed by atoms with van der Waals surface area (Å²) in [5.74, 6) is -1.06. The lowest BCUT2D eigenvalue weighted by Gasteiger charge is -2.23. The second kappa shape index (κ2) is 8.69. The molecule has 1 aromatic rings. The van der Waals surface area contributed by atoms with E-state index in [9.17, 15) is 4.79 Å². The Balaban J connectivity index is 0.000000377. The molecule has 5 N–H and O–H groups in total. The number of halogens is 1. The molecule has 1 amide bonds. The van der Waals surface area contributed by atoms with Crippen LogP contribution < -0.4 is 15.8 Å². The Morgan fingerprint density at radius 2 is 1.87 bits per heavy atom.